The van der Waals surface area contributed by atoms with Gasteiger partial charge < -0.3 is 4.79 Å². The van der Waals surface area contributed by atoms with Crippen LogP contribution < -0.4 is 0 Å². The zero-order valence-electron chi connectivity index (χ0n) is 7.92. The molecular weight excluding hydrogens is 180 g/mol. The van der Waals surface area contributed by atoms with E-state index in [9.17, 15) is 4.79 Å². The molecule has 72 valence electrons. The summed E-state index contributed by atoms with van der Waals surface area (Å²) in [5, 5.41) is 0. The van der Waals surface area contributed by atoms with Crippen molar-refractivity contribution in [2.75, 3.05) is 5.75 Å². The molecule has 13 heavy (non-hydrogen) atoms. The molecule has 0 aromatic carbocycles. The minimum Gasteiger partial charge on any atom is -0.302 e. The Hall–Kier alpha value is -0.240. The van der Waals surface area contributed by atoms with Gasteiger partial charge in [-0.25, -0.2) is 0 Å². The Balaban J connectivity index is 2.00. The van der Waals surface area contributed by atoms with Gasteiger partial charge in [0, 0.05) is 0 Å². The molecule has 0 aromatic rings. The van der Waals surface area contributed by atoms with Gasteiger partial charge in [0.1, 0.15) is 6.29 Å². The van der Waals surface area contributed by atoms with Crippen LogP contribution in [0.25, 0.3) is 0 Å². The van der Waals surface area contributed by atoms with Gasteiger partial charge in [-0.2, -0.15) is 0 Å². The maximum Gasteiger partial charge on any atom is 0.136 e. The number of carbonyl (C=O) groups excluding carboxylic acids is 1. The van der Waals surface area contributed by atoms with Gasteiger partial charge >= 0.3 is 0 Å². The molecule has 1 heterocycles. The largest absolute Gasteiger partial charge is 0.302 e. The van der Waals surface area contributed by atoms with E-state index in [1.807, 2.05) is 11.8 Å². The molecular formula is C11H16OS. The summed E-state index contributed by atoms with van der Waals surface area (Å²) >= 11 is 1.87. The molecule has 2 heteroatoms. The second-order valence-electron chi connectivity index (χ2n) is 4.07. The second-order valence-corrected chi connectivity index (χ2v) is 5.58. The zero-order valence-corrected chi connectivity index (χ0v) is 8.74. The maximum absolute atomic E-state index is 11.1. The highest BCUT2D eigenvalue weighted by Gasteiger charge is 2.35. The van der Waals surface area contributed by atoms with Crippen LogP contribution in [0, 0.1) is 0 Å². The van der Waals surface area contributed by atoms with Gasteiger partial charge in [-0.05, 0) is 44.3 Å². The van der Waals surface area contributed by atoms with E-state index in [2.05, 4.69) is 6.08 Å². The van der Waals surface area contributed by atoms with E-state index in [-0.39, 0.29) is 4.75 Å². The molecule has 0 radical (unpaired) electrons. The van der Waals surface area contributed by atoms with Crippen LogP contribution in [-0.4, -0.2) is 16.8 Å². The SMILES string of the molecule is O=CC1(CC2=CCCC2)CCCS1. The number of aldehydes is 1. The lowest BCUT2D eigenvalue weighted by Gasteiger charge is -2.21. The Kier molecular flexibility index (Phi) is 2.77. The van der Waals surface area contributed by atoms with E-state index < -0.39 is 0 Å². The molecule has 2 rings (SSSR count). The van der Waals surface area contributed by atoms with Crippen LogP contribution in [0.15, 0.2) is 11.6 Å². The molecule has 1 unspecified atom stereocenters. The molecule has 1 nitrogen and oxygen atoms in total. The van der Waals surface area contributed by atoms with E-state index in [1.54, 1.807) is 0 Å². The molecule has 1 atom stereocenters. The zero-order chi connectivity index (χ0) is 9.15. The van der Waals surface area contributed by atoms with E-state index in [0.29, 0.717) is 0 Å². The standard InChI is InChI=1S/C11H16OS/c12-9-11(6-3-7-13-11)8-10-4-1-2-5-10/h4,9H,1-3,5-8H2. The topological polar surface area (TPSA) is 17.1 Å². The van der Waals surface area contributed by atoms with Crippen LogP contribution in [0.2, 0.25) is 0 Å². The van der Waals surface area contributed by atoms with Crippen molar-refractivity contribution in [1.82, 2.24) is 0 Å². The van der Waals surface area contributed by atoms with Crippen molar-refractivity contribution in [3.8, 4) is 0 Å². The number of allylic oxidation sites excluding steroid dienone is 2. The summed E-state index contributed by atoms with van der Waals surface area (Å²) in [5.41, 5.74) is 1.53. The molecule has 1 fully saturated rings. The third kappa shape index (κ3) is 1.98. The van der Waals surface area contributed by atoms with Crippen LogP contribution in [0.1, 0.15) is 38.5 Å². The number of hydrogen-bond acceptors (Lipinski definition) is 2. The Morgan fingerprint density at radius 2 is 2.46 bits per heavy atom. The number of thioether (sulfide) groups is 1. The lowest BCUT2D eigenvalue weighted by atomic mass is 9.95. The molecule has 2 aliphatic rings. The number of rotatable bonds is 3. The monoisotopic (exact) mass is 196 g/mol. The number of carbonyl (C=O) groups is 1. The van der Waals surface area contributed by atoms with Gasteiger partial charge in [0.15, 0.2) is 0 Å². The van der Waals surface area contributed by atoms with Crippen molar-refractivity contribution in [2.24, 2.45) is 0 Å². The minimum absolute atomic E-state index is 0.0316. The van der Waals surface area contributed by atoms with Gasteiger partial charge in [-0.3, -0.25) is 0 Å². The predicted octanol–water partition coefficient (Wildman–Crippen LogP) is 2.95. The first-order chi connectivity index (χ1) is 6.35. The fraction of sp³-hybridized carbons (Fsp3) is 0.727. The first-order valence-electron chi connectivity index (χ1n) is 5.13. The first-order valence-corrected chi connectivity index (χ1v) is 6.11. The molecule has 0 N–H and O–H groups in total. The van der Waals surface area contributed by atoms with Gasteiger partial charge in [-0.15, -0.1) is 11.8 Å². The Labute approximate surface area is 84.0 Å². The van der Waals surface area contributed by atoms with Crippen LogP contribution in [0.4, 0.5) is 0 Å². The van der Waals surface area contributed by atoms with Crippen LogP contribution in [0.3, 0.4) is 0 Å². The Bertz CT molecular complexity index is 226. The van der Waals surface area contributed by atoms with Crippen LogP contribution in [-0.2, 0) is 4.79 Å². The van der Waals surface area contributed by atoms with Crippen molar-refractivity contribution in [3.63, 3.8) is 0 Å². The fourth-order valence-corrected chi connectivity index (χ4v) is 3.61. The van der Waals surface area contributed by atoms with E-state index >= 15 is 0 Å². The molecule has 0 bridgehead atoms. The van der Waals surface area contributed by atoms with Gasteiger partial charge in [-0.1, -0.05) is 11.6 Å². The summed E-state index contributed by atoms with van der Waals surface area (Å²) in [6.07, 6.45) is 10.6. The average molecular weight is 196 g/mol. The van der Waals surface area contributed by atoms with Crippen molar-refractivity contribution in [1.29, 1.82) is 0 Å². The molecule has 1 aliphatic heterocycles. The molecule has 0 spiro atoms. The Morgan fingerprint density at radius 1 is 1.54 bits per heavy atom. The van der Waals surface area contributed by atoms with Crippen molar-refractivity contribution in [3.05, 3.63) is 11.6 Å². The van der Waals surface area contributed by atoms with Gasteiger partial charge in [0.05, 0.1) is 4.75 Å². The fourth-order valence-electron chi connectivity index (χ4n) is 2.28. The number of hydrogen-bond donors (Lipinski definition) is 0. The first kappa shape index (κ1) is 9.32. The summed E-state index contributed by atoms with van der Waals surface area (Å²) in [4.78, 5) is 11.1. The molecule has 0 aromatic heterocycles. The molecule has 0 amide bonds. The smallest absolute Gasteiger partial charge is 0.136 e. The van der Waals surface area contributed by atoms with E-state index in [1.165, 1.54) is 43.3 Å². The van der Waals surface area contributed by atoms with Crippen molar-refractivity contribution >= 4 is 18.0 Å². The lowest BCUT2D eigenvalue weighted by molar-refractivity contribution is -0.109. The Morgan fingerprint density at radius 3 is 3.00 bits per heavy atom. The minimum atomic E-state index is -0.0316. The average Bonchev–Trinajstić information content (AvgIpc) is 2.77. The predicted molar refractivity (Wildman–Crippen MR) is 57.0 cm³/mol. The third-order valence-corrected chi connectivity index (χ3v) is 4.52. The van der Waals surface area contributed by atoms with Crippen molar-refractivity contribution in [2.45, 2.75) is 43.3 Å². The summed E-state index contributed by atoms with van der Waals surface area (Å²) in [7, 11) is 0. The summed E-state index contributed by atoms with van der Waals surface area (Å²) in [5.74, 6) is 1.17. The molecule has 1 aliphatic carbocycles. The van der Waals surface area contributed by atoms with E-state index in [4.69, 9.17) is 0 Å². The van der Waals surface area contributed by atoms with Gasteiger partial charge in [0.2, 0.25) is 0 Å². The third-order valence-electron chi connectivity index (χ3n) is 3.01. The summed E-state index contributed by atoms with van der Waals surface area (Å²) in [6.45, 7) is 0. The normalized spacial score (nSPS) is 33.4. The van der Waals surface area contributed by atoms with Gasteiger partial charge in [0.25, 0.3) is 0 Å². The van der Waals surface area contributed by atoms with Crippen molar-refractivity contribution < 1.29 is 4.79 Å². The molecule has 0 saturated carbocycles. The second kappa shape index (κ2) is 3.87. The van der Waals surface area contributed by atoms with Crippen LogP contribution >= 0.6 is 11.8 Å². The highest BCUT2D eigenvalue weighted by molar-refractivity contribution is 8.01. The highest BCUT2D eigenvalue weighted by Crippen LogP contribution is 2.42. The summed E-state index contributed by atoms with van der Waals surface area (Å²) < 4.78 is -0.0316. The molecule has 1 saturated heterocycles. The van der Waals surface area contributed by atoms with E-state index in [0.717, 1.165) is 12.8 Å². The van der Waals surface area contributed by atoms with Crippen LogP contribution in [0.5, 0.6) is 0 Å². The lowest BCUT2D eigenvalue weighted by Crippen LogP contribution is -2.23. The maximum atomic E-state index is 11.1. The quantitative estimate of drug-likeness (QED) is 0.510. The highest BCUT2D eigenvalue weighted by atomic mass is 32.2. The summed E-state index contributed by atoms with van der Waals surface area (Å²) in [6, 6.07) is 0.